The van der Waals surface area contributed by atoms with E-state index in [-0.39, 0.29) is 18.1 Å². The molecule has 25 heavy (non-hydrogen) atoms. The summed E-state index contributed by atoms with van der Waals surface area (Å²) in [7, 11) is 0. The third-order valence-corrected chi connectivity index (χ3v) is 4.91. The van der Waals surface area contributed by atoms with E-state index in [1.807, 2.05) is 0 Å². The number of nitrogens with zero attached hydrogens (tertiary/aromatic N) is 1. The van der Waals surface area contributed by atoms with Gasteiger partial charge in [-0.15, -0.1) is 0 Å². The predicted octanol–water partition coefficient (Wildman–Crippen LogP) is -0.00340. The number of hydrogen-bond donors (Lipinski definition) is 2. The lowest BCUT2D eigenvalue weighted by Crippen LogP contribution is -2.65. The summed E-state index contributed by atoms with van der Waals surface area (Å²) in [5.41, 5.74) is 5.87. The van der Waals surface area contributed by atoms with Crippen molar-refractivity contribution in [3.63, 3.8) is 0 Å². The molecule has 3 atom stereocenters. The van der Waals surface area contributed by atoms with Crippen LogP contribution in [0.2, 0.25) is 5.02 Å². The molecule has 0 spiro atoms. The molecule has 0 radical (unpaired) electrons. The number of piperidine rings is 2. The zero-order chi connectivity index (χ0) is 18.3. The van der Waals surface area contributed by atoms with Crippen LogP contribution in [0.5, 0.6) is 0 Å². The van der Waals surface area contributed by atoms with E-state index in [1.165, 1.54) is 23.1 Å². The topological polar surface area (TPSA) is 110 Å². The van der Waals surface area contributed by atoms with Gasteiger partial charge in [-0.3, -0.25) is 19.2 Å². The predicted molar refractivity (Wildman–Crippen MR) is 84.6 cm³/mol. The Morgan fingerprint density at radius 2 is 2.08 bits per heavy atom. The molecule has 2 saturated heterocycles. The van der Waals surface area contributed by atoms with Crippen LogP contribution in [0.3, 0.4) is 0 Å². The number of carbonyl (C=O) groups excluding carboxylic acids is 4. The second kappa shape index (κ2) is 6.44. The number of benzene rings is 1. The minimum Gasteiger partial charge on any atom is -0.368 e. The van der Waals surface area contributed by atoms with Gasteiger partial charge in [0.15, 0.2) is 0 Å². The van der Waals surface area contributed by atoms with Crippen molar-refractivity contribution in [2.75, 3.05) is 6.54 Å². The molecule has 0 saturated carbocycles. The summed E-state index contributed by atoms with van der Waals surface area (Å²) in [6, 6.07) is 3.04. The number of fused-ring (bicyclic) bond motifs is 1. The first-order chi connectivity index (χ1) is 11.8. The van der Waals surface area contributed by atoms with Crippen molar-refractivity contribution in [3.05, 3.63) is 34.6 Å². The largest absolute Gasteiger partial charge is 0.368 e. The third-order valence-electron chi connectivity index (χ3n) is 4.62. The second-order valence-electron chi connectivity index (χ2n) is 6.16. The number of rotatable bonds is 3. The number of ketones is 1. The quantitative estimate of drug-likeness (QED) is 0.578. The van der Waals surface area contributed by atoms with Gasteiger partial charge in [0.05, 0.1) is 5.02 Å². The number of carbonyl (C=O) groups is 4. The number of likely N-dealkylation sites (tertiary alicyclic amines) is 1. The molecule has 2 aliphatic heterocycles. The third kappa shape index (κ3) is 3.09. The van der Waals surface area contributed by atoms with Gasteiger partial charge >= 0.3 is 0 Å². The Labute approximate surface area is 147 Å². The average molecular weight is 368 g/mol. The van der Waals surface area contributed by atoms with E-state index in [0.717, 1.165) is 0 Å². The lowest BCUT2D eigenvalue weighted by Gasteiger charge is -2.42. The van der Waals surface area contributed by atoms with E-state index >= 15 is 0 Å². The zero-order valence-corrected chi connectivity index (χ0v) is 13.8. The lowest BCUT2D eigenvalue weighted by molar-refractivity contribution is -0.158. The van der Waals surface area contributed by atoms with Gasteiger partial charge < -0.3 is 16.0 Å². The Kier molecular flexibility index (Phi) is 4.47. The summed E-state index contributed by atoms with van der Waals surface area (Å²) < 4.78 is 13.2. The normalized spacial score (nSPS) is 26.2. The fraction of sp³-hybridized carbons (Fsp3) is 0.375. The van der Waals surface area contributed by atoms with Gasteiger partial charge in [0.2, 0.25) is 17.6 Å². The van der Waals surface area contributed by atoms with Gasteiger partial charge in [0.25, 0.3) is 5.91 Å². The minimum absolute atomic E-state index is 0.0678. The number of amides is 3. The van der Waals surface area contributed by atoms with Crippen LogP contribution in [0.4, 0.5) is 4.39 Å². The highest BCUT2D eigenvalue weighted by molar-refractivity contribution is 6.41. The van der Waals surface area contributed by atoms with Gasteiger partial charge in [-0.2, -0.15) is 0 Å². The summed E-state index contributed by atoms with van der Waals surface area (Å²) in [5.74, 6) is -5.61. The molecule has 0 aliphatic carbocycles. The Morgan fingerprint density at radius 1 is 1.36 bits per heavy atom. The highest BCUT2D eigenvalue weighted by Crippen LogP contribution is 2.32. The summed E-state index contributed by atoms with van der Waals surface area (Å²) >= 11 is 5.74. The van der Waals surface area contributed by atoms with Gasteiger partial charge in [0.1, 0.15) is 17.8 Å². The van der Waals surface area contributed by atoms with Crippen LogP contribution >= 0.6 is 11.6 Å². The number of Topliss-reactive ketones (excluding diaryl/α,β-unsaturated/α-hetero) is 1. The van der Waals surface area contributed by atoms with Gasteiger partial charge in [0, 0.05) is 19.0 Å². The maximum Gasteiger partial charge on any atom is 0.288 e. The molecular weight excluding hydrogens is 353 g/mol. The van der Waals surface area contributed by atoms with Crippen LogP contribution in [0.1, 0.15) is 12.0 Å². The van der Waals surface area contributed by atoms with Crippen molar-refractivity contribution in [1.82, 2.24) is 10.2 Å². The monoisotopic (exact) mass is 367 g/mol. The first kappa shape index (κ1) is 17.3. The maximum atomic E-state index is 13.2. The van der Waals surface area contributed by atoms with Gasteiger partial charge in [-0.1, -0.05) is 17.7 Å². The first-order valence-electron chi connectivity index (χ1n) is 7.66. The lowest BCUT2D eigenvalue weighted by atomic mass is 9.74. The molecule has 0 aromatic heterocycles. The van der Waals surface area contributed by atoms with Crippen LogP contribution < -0.4 is 11.1 Å². The fourth-order valence-electron chi connectivity index (χ4n) is 3.39. The number of nitrogens with two attached hydrogens (primary N) is 1. The molecule has 3 amide bonds. The van der Waals surface area contributed by atoms with E-state index in [9.17, 15) is 23.6 Å². The molecule has 7 nitrogen and oxygen atoms in total. The minimum atomic E-state index is -1.23. The SMILES string of the molecule is NC(=O)C1NC(=O)C(=O)C2C(=O)N(Cc3ccc(F)c(Cl)c3)CCC12. The van der Waals surface area contributed by atoms with Crippen LogP contribution in [-0.2, 0) is 25.7 Å². The molecule has 132 valence electrons. The summed E-state index contributed by atoms with van der Waals surface area (Å²) in [6.07, 6.45) is 0.338. The summed E-state index contributed by atoms with van der Waals surface area (Å²) in [5, 5.41) is 2.20. The van der Waals surface area contributed by atoms with Gasteiger partial charge in [-0.25, -0.2) is 4.39 Å². The molecule has 1 aromatic rings. The van der Waals surface area contributed by atoms with Crippen LogP contribution in [0.15, 0.2) is 18.2 Å². The molecule has 0 bridgehead atoms. The van der Waals surface area contributed by atoms with E-state index in [2.05, 4.69) is 5.32 Å². The highest BCUT2D eigenvalue weighted by Gasteiger charge is 2.52. The van der Waals surface area contributed by atoms with E-state index in [1.54, 1.807) is 0 Å². The van der Waals surface area contributed by atoms with Crippen molar-refractivity contribution < 1.29 is 23.6 Å². The Balaban J connectivity index is 1.83. The molecule has 3 N–H and O–H groups in total. The fourth-order valence-corrected chi connectivity index (χ4v) is 3.59. The average Bonchev–Trinajstić information content (AvgIpc) is 2.56. The van der Waals surface area contributed by atoms with Crippen molar-refractivity contribution in [2.24, 2.45) is 17.6 Å². The summed E-state index contributed by atoms with van der Waals surface area (Å²) in [6.45, 7) is 0.403. The zero-order valence-electron chi connectivity index (χ0n) is 13.0. The molecule has 3 unspecified atom stereocenters. The number of halogens is 2. The van der Waals surface area contributed by atoms with Crippen molar-refractivity contribution in [2.45, 2.75) is 19.0 Å². The molecule has 1 aromatic carbocycles. The molecular formula is C16H15ClFN3O4. The molecule has 2 fully saturated rings. The van der Waals surface area contributed by atoms with E-state index < -0.39 is 47.2 Å². The highest BCUT2D eigenvalue weighted by atomic mass is 35.5. The Hall–Kier alpha value is -2.48. The molecule has 3 rings (SSSR count). The van der Waals surface area contributed by atoms with Crippen LogP contribution in [-0.4, -0.2) is 41.0 Å². The molecule has 2 aliphatic rings. The Morgan fingerprint density at radius 3 is 2.72 bits per heavy atom. The number of hydrogen-bond acceptors (Lipinski definition) is 4. The number of nitrogens with one attached hydrogen (secondary N) is 1. The Bertz CT molecular complexity index is 785. The van der Waals surface area contributed by atoms with Crippen molar-refractivity contribution >= 4 is 35.1 Å². The van der Waals surface area contributed by atoms with Crippen LogP contribution in [0.25, 0.3) is 0 Å². The first-order valence-corrected chi connectivity index (χ1v) is 8.04. The molecule has 9 heteroatoms. The second-order valence-corrected chi connectivity index (χ2v) is 6.56. The van der Waals surface area contributed by atoms with E-state index in [0.29, 0.717) is 12.0 Å². The standard InChI is InChI=1S/C16H15ClFN3O4/c17-9-5-7(1-2-10(9)18)6-21-4-3-8-11(16(21)25)13(22)15(24)20-12(8)14(19)23/h1-2,5,8,11-12H,3-4,6H2,(H2,19,23)(H,20,24). The van der Waals surface area contributed by atoms with E-state index in [4.69, 9.17) is 17.3 Å². The maximum absolute atomic E-state index is 13.2. The van der Waals surface area contributed by atoms with Crippen molar-refractivity contribution in [3.8, 4) is 0 Å². The molecule has 2 heterocycles. The smallest absolute Gasteiger partial charge is 0.288 e. The van der Waals surface area contributed by atoms with Crippen LogP contribution in [0, 0.1) is 17.7 Å². The van der Waals surface area contributed by atoms with Crippen molar-refractivity contribution in [1.29, 1.82) is 0 Å². The van der Waals surface area contributed by atoms with Gasteiger partial charge in [-0.05, 0) is 24.1 Å². The summed E-state index contributed by atoms with van der Waals surface area (Å²) in [4.78, 5) is 49.6. The number of primary amides is 1.